The van der Waals surface area contributed by atoms with Crippen LogP contribution in [0.4, 0.5) is 5.69 Å². The van der Waals surface area contributed by atoms with Gasteiger partial charge in [0, 0.05) is 11.4 Å². The van der Waals surface area contributed by atoms with Crippen LogP contribution in [0.3, 0.4) is 0 Å². The monoisotopic (exact) mass is 366 g/mol. The SMILES string of the molecule is CCN1C(=CC=Cc2sc3cccnc3[n+]2CC)Sc2ccccc21. The zero-order chi connectivity index (χ0) is 17.2. The molecule has 0 atom stereocenters. The van der Waals surface area contributed by atoms with E-state index in [1.807, 2.05) is 24.0 Å². The number of nitrogens with zero attached hydrogens (tertiary/aromatic N) is 3. The van der Waals surface area contributed by atoms with Gasteiger partial charge in [0.05, 0.1) is 17.3 Å². The molecule has 0 N–H and O–H groups in total. The van der Waals surface area contributed by atoms with Crippen LogP contribution in [0.25, 0.3) is 16.4 Å². The van der Waals surface area contributed by atoms with Gasteiger partial charge in [-0.1, -0.05) is 41.3 Å². The number of aromatic nitrogens is 2. The Hall–Kier alpha value is -2.11. The highest BCUT2D eigenvalue weighted by molar-refractivity contribution is 8.03. The number of thiazole rings is 1. The normalized spacial score (nSPS) is 15.6. The predicted octanol–water partition coefficient (Wildman–Crippen LogP) is 5.09. The van der Waals surface area contributed by atoms with Crippen molar-refractivity contribution in [3.8, 4) is 0 Å². The lowest BCUT2D eigenvalue weighted by atomic mass is 10.3. The molecule has 0 spiro atoms. The van der Waals surface area contributed by atoms with E-state index in [1.165, 1.54) is 25.3 Å². The fourth-order valence-corrected chi connectivity index (χ4v) is 5.32. The van der Waals surface area contributed by atoms with Crippen molar-refractivity contribution in [3.63, 3.8) is 0 Å². The summed E-state index contributed by atoms with van der Waals surface area (Å²) < 4.78 is 3.50. The van der Waals surface area contributed by atoms with Crippen molar-refractivity contribution in [2.75, 3.05) is 11.4 Å². The Balaban J connectivity index is 1.64. The smallest absolute Gasteiger partial charge is 0.335 e. The van der Waals surface area contributed by atoms with Crippen molar-refractivity contribution in [1.29, 1.82) is 0 Å². The summed E-state index contributed by atoms with van der Waals surface area (Å²) in [5.74, 6) is 0. The van der Waals surface area contributed by atoms with Gasteiger partial charge in [-0.05, 0) is 55.2 Å². The molecular formula is C20H20N3S2+. The molecule has 0 fully saturated rings. The zero-order valence-corrected chi connectivity index (χ0v) is 16.0. The van der Waals surface area contributed by atoms with Crippen molar-refractivity contribution in [3.05, 3.63) is 64.8 Å². The van der Waals surface area contributed by atoms with Gasteiger partial charge in [0.25, 0.3) is 0 Å². The summed E-state index contributed by atoms with van der Waals surface area (Å²) in [6.45, 7) is 6.27. The first-order valence-corrected chi connectivity index (χ1v) is 10.1. The molecule has 0 radical (unpaired) electrons. The van der Waals surface area contributed by atoms with Gasteiger partial charge in [-0.2, -0.15) is 0 Å². The number of rotatable bonds is 4. The molecule has 1 aromatic carbocycles. The summed E-state index contributed by atoms with van der Waals surface area (Å²) in [4.78, 5) is 8.22. The first-order chi connectivity index (χ1) is 12.3. The lowest BCUT2D eigenvalue weighted by Gasteiger charge is -2.17. The number of allylic oxidation sites excluding steroid dienone is 2. The number of benzene rings is 1. The maximum Gasteiger partial charge on any atom is 0.341 e. The molecule has 0 unspecified atom stereocenters. The maximum atomic E-state index is 4.52. The Bertz CT molecular complexity index is 972. The van der Waals surface area contributed by atoms with Crippen LogP contribution in [0.1, 0.15) is 18.9 Å². The van der Waals surface area contributed by atoms with Crippen molar-refractivity contribution >= 4 is 45.2 Å². The van der Waals surface area contributed by atoms with Gasteiger partial charge in [0.15, 0.2) is 5.01 Å². The van der Waals surface area contributed by atoms with E-state index in [0.717, 1.165) is 18.7 Å². The van der Waals surface area contributed by atoms with E-state index in [-0.39, 0.29) is 0 Å². The van der Waals surface area contributed by atoms with Gasteiger partial charge in [-0.15, -0.1) is 0 Å². The molecule has 0 aliphatic carbocycles. The summed E-state index contributed by atoms with van der Waals surface area (Å²) in [5.41, 5.74) is 2.38. The predicted molar refractivity (Wildman–Crippen MR) is 108 cm³/mol. The van der Waals surface area contributed by atoms with Crippen LogP contribution in [-0.4, -0.2) is 11.5 Å². The second-order valence-electron chi connectivity index (χ2n) is 5.69. The van der Waals surface area contributed by atoms with Gasteiger partial charge < -0.3 is 4.90 Å². The molecule has 0 bridgehead atoms. The third-order valence-corrected chi connectivity index (χ3v) is 6.47. The van der Waals surface area contributed by atoms with E-state index < -0.39 is 0 Å². The summed E-state index contributed by atoms with van der Waals surface area (Å²) in [6, 6.07) is 12.7. The molecule has 4 rings (SSSR count). The Labute approximate surface area is 156 Å². The number of para-hydroxylation sites is 1. The fraction of sp³-hybridized carbons (Fsp3) is 0.200. The van der Waals surface area contributed by atoms with Crippen molar-refractivity contribution in [2.45, 2.75) is 25.3 Å². The van der Waals surface area contributed by atoms with Crippen LogP contribution in [0.15, 0.2) is 64.7 Å². The minimum atomic E-state index is 0.925. The first-order valence-electron chi connectivity index (χ1n) is 8.52. The van der Waals surface area contributed by atoms with Crippen molar-refractivity contribution in [2.24, 2.45) is 0 Å². The molecule has 1 aliphatic rings. The van der Waals surface area contributed by atoms with Crippen molar-refractivity contribution in [1.82, 2.24) is 4.98 Å². The largest absolute Gasteiger partial charge is 0.341 e. The summed E-state index contributed by atoms with van der Waals surface area (Å²) in [6.07, 6.45) is 8.43. The van der Waals surface area contributed by atoms with E-state index in [2.05, 4.69) is 76.9 Å². The molecule has 1 aliphatic heterocycles. The van der Waals surface area contributed by atoms with Gasteiger partial charge in [-0.3, -0.25) is 0 Å². The number of pyridine rings is 1. The van der Waals surface area contributed by atoms with Crippen LogP contribution in [0.2, 0.25) is 0 Å². The topological polar surface area (TPSA) is 20.0 Å². The van der Waals surface area contributed by atoms with Gasteiger partial charge >= 0.3 is 5.65 Å². The standard InChI is InChI=1S/C20H20N3S2/c1-3-22-15-9-5-6-10-16(15)24-18(22)12-7-13-19-23(4-2)20-17(25-19)11-8-14-21-20/h5-14H,3-4H2,1-2H3/q+1. The molecule has 25 heavy (non-hydrogen) atoms. The third-order valence-electron chi connectivity index (χ3n) is 4.23. The second kappa shape index (κ2) is 7.02. The number of hydrogen-bond acceptors (Lipinski definition) is 4. The van der Waals surface area contributed by atoms with E-state index in [9.17, 15) is 0 Å². The Morgan fingerprint density at radius 3 is 2.88 bits per heavy atom. The van der Waals surface area contributed by atoms with Gasteiger partial charge in [0.1, 0.15) is 10.9 Å². The molecule has 126 valence electrons. The average Bonchev–Trinajstić information content (AvgIpc) is 3.18. The van der Waals surface area contributed by atoms with Crippen LogP contribution in [0.5, 0.6) is 0 Å². The number of hydrogen-bond donors (Lipinski definition) is 0. The summed E-state index contributed by atoms with van der Waals surface area (Å²) >= 11 is 3.63. The molecule has 3 nitrogen and oxygen atoms in total. The van der Waals surface area contributed by atoms with Crippen molar-refractivity contribution < 1.29 is 4.57 Å². The Morgan fingerprint density at radius 1 is 1.16 bits per heavy atom. The van der Waals surface area contributed by atoms with Gasteiger partial charge in [-0.25, -0.2) is 4.57 Å². The third kappa shape index (κ3) is 2.98. The van der Waals surface area contributed by atoms with E-state index in [4.69, 9.17) is 0 Å². The van der Waals surface area contributed by atoms with Crippen LogP contribution < -0.4 is 9.47 Å². The minimum absolute atomic E-state index is 0.925. The van der Waals surface area contributed by atoms with E-state index in [1.54, 1.807) is 11.3 Å². The van der Waals surface area contributed by atoms with Crippen LogP contribution >= 0.6 is 23.1 Å². The molecule has 2 aromatic heterocycles. The molecule has 0 amide bonds. The highest BCUT2D eigenvalue weighted by Gasteiger charge is 2.22. The second-order valence-corrected chi connectivity index (χ2v) is 7.81. The molecule has 3 heterocycles. The average molecular weight is 367 g/mol. The fourth-order valence-electron chi connectivity index (χ4n) is 3.08. The number of thioether (sulfide) groups is 1. The quantitative estimate of drug-likeness (QED) is 0.600. The summed E-state index contributed by atoms with van der Waals surface area (Å²) in [5, 5.41) is 2.51. The molecular weight excluding hydrogens is 346 g/mol. The Kier molecular flexibility index (Phi) is 4.59. The molecule has 0 saturated heterocycles. The molecule has 3 aromatic rings. The summed E-state index contributed by atoms with van der Waals surface area (Å²) in [7, 11) is 0. The van der Waals surface area contributed by atoms with Crippen LogP contribution in [-0.2, 0) is 6.54 Å². The van der Waals surface area contributed by atoms with E-state index in [0.29, 0.717) is 0 Å². The highest BCUT2D eigenvalue weighted by atomic mass is 32.2. The van der Waals surface area contributed by atoms with Crippen LogP contribution in [0, 0.1) is 0 Å². The lowest BCUT2D eigenvalue weighted by molar-refractivity contribution is -0.667. The Morgan fingerprint density at radius 2 is 2.04 bits per heavy atom. The molecule has 5 heteroatoms. The number of fused-ring (bicyclic) bond motifs is 2. The zero-order valence-electron chi connectivity index (χ0n) is 14.3. The lowest BCUT2D eigenvalue weighted by Crippen LogP contribution is -2.34. The minimum Gasteiger partial charge on any atom is -0.335 e. The first kappa shape index (κ1) is 16.4. The maximum absolute atomic E-state index is 4.52. The van der Waals surface area contributed by atoms with Gasteiger partial charge in [0.2, 0.25) is 0 Å². The number of anilines is 1. The van der Waals surface area contributed by atoms with E-state index >= 15 is 0 Å². The highest BCUT2D eigenvalue weighted by Crippen LogP contribution is 2.45. The number of aryl methyl sites for hydroxylation is 1. The molecule has 0 saturated carbocycles.